The number of benzene rings is 1. The molecule has 1 amide bonds. The first-order valence-corrected chi connectivity index (χ1v) is 8.69. The fourth-order valence-electron chi connectivity index (χ4n) is 3.89. The van der Waals surface area contributed by atoms with Crippen LogP contribution >= 0.6 is 0 Å². The standard InChI is InChI=1S/C20H24N2O/c1-14-10-13-19(21(14)2)20(23)22(16-11-12-16)18-9-5-7-15-6-3-4-8-17(15)18/h3-4,6,8,10,13,16,18H,5,7,9,11-12H2,1-2H3. The van der Waals surface area contributed by atoms with E-state index in [0.29, 0.717) is 6.04 Å². The van der Waals surface area contributed by atoms with Crippen LogP contribution in [0.3, 0.4) is 0 Å². The van der Waals surface area contributed by atoms with Gasteiger partial charge < -0.3 is 9.47 Å². The van der Waals surface area contributed by atoms with Crippen molar-refractivity contribution in [1.29, 1.82) is 0 Å². The van der Waals surface area contributed by atoms with Crippen LogP contribution in [0.25, 0.3) is 0 Å². The molecule has 3 nitrogen and oxygen atoms in total. The minimum atomic E-state index is 0.199. The summed E-state index contributed by atoms with van der Waals surface area (Å²) in [6, 6.07) is 13.4. The Bertz CT molecular complexity index is 742. The second-order valence-corrected chi connectivity index (χ2v) is 6.97. The Balaban J connectivity index is 1.72. The SMILES string of the molecule is Cc1ccc(C(=O)N(C2CC2)C2CCCc3ccccc32)n1C. The van der Waals surface area contributed by atoms with Gasteiger partial charge in [0, 0.05) is 18.8 Å². The molecule has 1 aromatic carbocycles. The first-order chi connectivity index (χ1) is 11.2. The number of rotatable bonds is 3. The van der Waals surface area contributed by atoms with Crippen LogP contribution in [0.5, 0.6) is 0 Å². The van der Waals surface area contributed by atoms with Crippen LogP contribution in [0, 0.1) is 6.92 Å². The zero-order valence-electron chi connectivity index (χ0n) is 14.0. The van der Waals surface area contributed by atoms with Gasteiger partial charge in [0.2, 0.25) is 0 Å². The van der Waals surface area contributed by atoms with E-state index in [0.717, 1.165) is 37.1 Å². The molecular weight excluding hydrogens is 284 g/mol. The van der Waals surface area contributed by atoms with Crippen LogP contribution in [0.1, 0.15) is 59.0 Å². The maximum absolute atomic E-state index is 13.3. The highest BCUT2D eigenvalue weighted by Crippen LogP contribution is 2.41. The van der Waals surface area contributed by atoms with Gasteiger partial charge >= 0.3 is 0 Å². The van der Waals surface area contributed by atoms with E-state index in [9.17, 15) is 4.79 Å². The number of carbonyl (C=O) groups excluding carboxylic acids is 1. The minimum absolute atomic E-state index is 0.199. The summed E-state index contributed by atoms with van der Waals surface area (Å²) < 4.78 is 2.02. The number of aryl methyl sites for hydroxylation is 2. The van der Waals surface area contributed by atoms with Gasteiger partial charge in [0.15, 0.2) is 0 Å². The van der Waals surface area contributed by atoms with Crippen molar-refractivity contribution in [3.8, 4) is 0 Å². The number of amides is 1. The highest BCUT2D eigenvalue weighted by molar-refractivity contribution is 5.93. The second-order valence-electron chi connectivity index (χ2n) is 6.97. The Kier molecular flexibility index (Phi) is 3.51. The fraction of sp³-hybridized carbons (Fsp3) is 0.450. The molecule has 3 heteroatoms. The maximum Gasteiger partial charge on any atom is 0.271 e. The van der Waals surface area contributed by atoms with E-state index >= 15 is 0 Å². The quantitative estimate of drug-likeness (QED) is 0.841. The normalized spacial score (nSPS) is 20.2. The van der Waals surface area contributed by atoms with E-state index in [1.807, 2.05) is 30.7 Å². The van der Waals surface area contributed by atoms with Gasteiger partial charge in [-0.3, -0.25) is 4.79 Å². The van der Waals surface area contributed by atoms with Gasteiger partial charge in [0.05, 0.1) is 6.04 Å². The number of fused-ring (bicyclic) bond motifs is 1. The van der Waals surface area contributed by atoms with E-state index < -0.39 is 0 Å². The number of aromatic nitrogens is 1. The summed E-state index contributed by atoms with van der Waals surface area (Å²) in [6.45, 7) is 2.05. The smallest absolute Gasteiger partial charge is 0.271 e. The number of carbonyl (C=O) groups is 1. The van der Waals surface area contributed by atoms with Crippen molar-refractivity contribution in [2.45, 2.75) is 51.1 Å². The van der Waals surface area contributed by atoms with Crippen LogP contribution in [0.2, 0.25) is 0 Å². The summed E-state index contributed by atoms with van der Waals surface area (Å²) in [5.41, 5.74) is 4.74. The summed E-state index contributed by atoms with van der Waals surface area (Å²) in [5.74, 6) is 0.199. The molecule has 0 saturated heterocycles. The third-order valence-electron chi connectivity index (χ3n) is 5.44. The summed E-state index contributed by atoms with van der Waals surface area (Å²) in [5, 5.41) is 0. The number of nitrogens with zero attached hydrogens (tertiary/aromatic N) is 2. The monoisotopic (exact) mass is 308 g/mol. The molecule has 0 spiro atoms. The Morgan fingerprint density at radius 2 is 1.91 bits per heavy atom. The van der Waals surface area contributed by atoms with E-state index in [2.05, 4.69) is 29.2 Å². The molecule has 2 aliphatic rings. The predicted octanol–water partition coefficient (Wildman–Crippen LogP) is 4.02. The average molecular weight is 308 g/mol. The summed E-state index contributed by atoms with van der Waals surface area (Å²) in [4.78, 5) is 15.5. The first kappa shape index (κ1) is 14.6. The Labute approximate surface area is 137 Å². The van der Waals surface area contributed by atoms with Gasteiger partial charge in [0.25, 0.3) is 5.91 Å². The summed E-state index contributed by atoms with van der Waals surface area (Å²) >= 11 is 0. The van der Waals surface area contributed by atoms with Crippen molar-refractivity contribution < 1.29 is 4.79 Å². The van der Waals surface area contributed by atoms with E-state index in [-0.39, 0.29) is 11.9 Å². The van der Waals surface area contributed by atoms with Gasteiger partial charge in [-0.2, -0.15) is 0 Å². The number of hydrogen-bond acceptors (Lipinski definition) is 1. The second kappa shape index (κ2) is 5.55. The molecule has 2 aliphatic carbocycles. The molecular formula is C20H24N2O. The molecule has 1 atom stereocenters. The molecule has 4 rings (SSSR count). The van der Waals surface area contributed by atoms with Crippen LogP contribution < -0.4 is 0 Å². The summed E-state index contributed by atoms with van der Waals surface area (Å²) in [6.07, 6.45) is 5.69. The highest BCUT2D eigenvalue weighted by atomic mass is 16.2. The molecule has 2 aromatic rings. The molecule has 1 saturated carbocycles. The average Bonchev–Trinajstić information content (AvgIpc) is 3.34. The fourth-order valence-corrected chi connectivity index (χ4v) is 3.89. The van der Waals surface area contributed by atoms with Crippen LogP contribution in [0.4, 0.5) is 0 Å². The van der Waals surface area contributed by atoms with Crippen LogP contribution in [0.15, 0.2) is 36.4 Å². The van der Waals surface area contributed by atoms with E-state index in [1.54, 1.807) is 0 Å². The lowest BCUT2D eigenvalue weighted by Crippen LogP contribution is -2.39. The molecule has 23 heavy (non-hydrogen) atoms. The topological polar surface area (TPSA) is 25.2 Å². The minimum Gasteiger partial charge on any atom is -0.344 e. The Hall–Kier alpha value is -2.03. The Morgan fingerprint density at radius 1 is 1.13 bits per heavy atom. The van der Waals surface area contributed by atoms with Gasteiger partial charge in [0.1, 0.15) is 5.69 Å². The largest absolute Gasteiger partial charge is 0.344 e. The van der Waals surface area contributed by atoms with Gasteiger partial charge in [-0.05, 0) is 62.3 Å². The molecule has 1 fully saturated rings. The lowest BCUT2D eigenvalue weighted by molar-refractivity contribution is 0.0627. The third kappa shape index (κ3) is 2.48. The molecule has 0 bridgehead atoms. The Morgan fingerprint density at radius 3 is 2.61 bits per heavy atom. The van der Waals surface area contributed by atoms with Crippen molar-refractivity contribution >= 4 is 5.91 Å². The van der Waals surface area contributed by atoms with E-state index in [1.165, 1.54) is 17.5 Å². The van der Waals surface area contributed by atoms with Gasteiger partial charge in [-0.25, -0.2) is 0 Å². The van der Waals surface area contributed by atoms with E-state index in [4.69, 9.17) is 0 Å². The van der Waals surface area contributed by atoms with Gasteiger partial charge in [-0.1, -0.05) is 24.3 Å². The molecule has 120 valence electrons. The molecule has 1 unspecified atom stereocenters. The number of hydrogen-bond donors (Lipinski definition) is 0. The first-order valence-electron chi connectivity index (χ1n) is 8.69. The molecule has 0 N–H and O–H groups in total. The maximum atomic E-state index is 13.3. The molecule has 0 radical (unpaired) electrons. The summed E-state index contributed by atoms with van der Waals surface area (Å²) in [7, 11) is 1.99. The van der Waals surface area contributed by atoms with Gasteiger partial charge in [-0.15, -0.1) is 0 Å². The zero-order chi connectivity index (χ0) is 16.0. The van der Waals surface area contributed by atoms with Crippen molar-refractivity contribution in [3.05, 3.63) is 58.9 Å². The predicted molar refractivity (Wildman–Crippen MR) is 91.5 cm³/mol. The van der Waals surface area contributed by atoms with Crippen LogP contribution in [-0.2, 0) is 13.5 Å². The highest BCUT2D eigenvalue weighted by Gasteiger charge is 2.40. The van der Waals surface area contributed by atoms with Crippen molar-refractivity contribution in [1.82, 2.24) is 9.47 Å². The third-order valence-corrected chi connectivity index (χ3v) is 5.44. The molecule has 1 heterocycles. The zero-order valence-corrected chi connectivity index (χ0v) is 14.0. The van der Waals surface area contributed by atoms with Crippen LogP contribution in [-0.4, -0.2) is 21.4 Å². The van der Waals surface area contributed by atoms with Crippen molar-refractivity contribution in [3.63, 3.8) is 0 Å². The molecule has 0 aliphatic heterocycles. The molecule has 1 aromatic heterocycles. The van der Waals surface area contributed by atoms with Crippen molar-refractivity contribution in [2.75, 3.05) is 0 Å². The lowest BCUT2D eigenvalue weighted by Gasteiger charge is -2.36. The van der Waals surface area contributed by atoms with Crippen molar-refractivity contribution in [2.24, 2.45) is 7.05 Å². The lowest BCUT2D eigenvalue weighted by atomic mass is 9.86.